The molecular formula is C21H31IN4O2. The van der Waals surface area contributed by atoms with Crippen molar-refractivity contribution in [2.45, 2.75) is 25.4 Å². The van der Waals surface area contributed by atoms with E-state index in [-0.39, 0.29) is 30.0 Å². The Bertz CT molecular complexity index is 730. The fraction of sp³-hybridized carbons (Fsp3) is 0.476. The van der Waals surface area contributed by atoms with Crippen molar-refractivity contribution in [3.05, 3.63) is 54.0 Å². The van der Waals surface area contributed by atoms with Crippen LogP contribution in [0.1, 0.15) is 30.2 Å². The quantitative estimate of drug-likeness (QED) is 0.358. The topological polar surface area (TPSA) is 53.2 Å². The second-order valence-corrected chi connectivity index (χ2v) is 6.87. The zero-order chi connectivity index (χ0) is 19.1. The van der Waals surface area contributed by atoms with E-state index < -0.39 is 0 Å². The number of hydrogen-bond donors (Lipinski definition) is 1. The van der Waals surface area contributed by atoms with Crippen molar-refractivity contribution < 1.29 is 9.15 Å². The third kappa shape index (κ3) is 5.64. The minimum atomic E-state index is 0. The molecule has 1 unspecified atom stereocenters. The first-order valence-electron chi connectivity index (χ1n) is 9.54. The Morgan fingerprint density at radius 2 is 2.00 bits per heavy atom. The summed E-state index contributed by atoms with van der Waals surface area (Å²) in [5.74, 6) is 2.76. The second kappa shape index (κ2) is 11.3. The first kappa shape index (κ1) is 22.5. The Balaban J connectivity index is 0.00000280. The number of guanidine groups is 1. The van der Waals surface area contributed by atoms with Crippen LogP contribution >= 0.6 is 24.0 Å². The van der Waals surface area contributed by atoms with E-state index in [2.05, 4.69) is 32.2 Å². The number of nitrogens with one attached hydrogen (secondary N) is 1. The largest absolute Gasteiger partial charge is 0.496 e. The Hall–Kier alpha value is -1.74. The third-order valence-electron chi connectivity index (χ3n) is 5.08. The van der Waals surface area contributed by atoms with Gasteiger partial charge in [0, 0.05) is 32.7 Å². The minimum absolute atomic E-state index is 0. The summed E-state index contributed by atoms with van der Waals surface area (Å²) in [5, 5.41) is 3.53. The summed E-state index contributed by atoms with van der Waals surface area (Å²) in [6.45, 7) is 3.71. The highest BCUT2D eigenvalue weighted by Gasteiger charge is 2.26. The highest BCUT2D eigenvalue weighted by molar-refractivity contribution is 14.0. The maximum absolute atomic E-state index is 5.71. The number of benzene rings is 1. The van der Waals surface area contributed by atoms with E-state index in [0.29, 0.717) is 0 Å². The van der Waals surface area contributed by atoms with Gasteiger partial charge in [-0.25, -0.2) is 0 Å². The van der Waals surface area contributed by atoms with E-state index in [4.69, 9.17) is 9.15 Å². The number of rotatable bonds is 7. The molecule has 0 saturated carbocycles. The molecule has 1 N–H and O–H groups in total. The van der Waals surface area contributed by atoms with Gasteiger partial charge < -0.3 is 19.4 Å². The van der Waals surface area contributed by atoms with Crippen molar-refractivity contribution in [2.24, 2.45) is 4.99 Å². The smallest absolute Gasteiger partial charge is 0.193 e. The first-order valence-corrected chi connectivity index (χ1v) is 9.54. The average molecular weight is 498 g/mol. The molecule has 2 heterocycles. The Labute approximate surface area is 185 Å². The lowest BCUT2D eigenvalue weighted by atomic mass is 10.2. The van der Waals surface area contributed by atoms with E-state index in [1.165, 1.54) is 12.8 Å². The van der Waals surface area contributed by atoms with Crippen molar-refractivity contribution in [2.75, 3.05) is 40.8 Å². The Morgan fingerprint density at radius 3 is 2.64 bits per heavy atom. The van der Waals surface area contributed by atoms with Crippen LogP contribution in [-0.4, -0.2) is 56.6 Å². The van der Waals surface area contributed by atoms with Crippen LogP contribution in [0.15, 0.2) is 52.1 Å². The fourth-order valence-corrected chi connectivity index (χ4v) is 3.68. The van der Waals surface area contributed by atoms with Crippen molar-refractivity contribution in [3.8, 4) is 5.75 Å². The monoisotopic (exact) mass is 498 g/mol. The normalized spacial score (nSPS) is 15.8. The van der Waals surface area contributed by atoms with Crippen LogP contribution in [0, 0.1) is 0 Å². The molecule has 28 heavy (non-hydrogen) atoms. The molecule has 1 atom stereocenters. The number of ether oxygens (including phenoxy) is 1. The third-order valence-corrected chi connectivity index (χ3v) is 5.08. The molecule has 1 aromatic carbocycles. The number of hydrogen-bond acceptors (Lipinski definition) is 4. The molecule has 0 spiro atoms. The van der Waals surface area contributed by atoms with Crippen LogP contribution in [-0.2, 0) is 6.54 Å². The molecular weight excluding hydrogens is 467 g/mol. The summed E-state index contributed by atoms with van der Waals surface area (Å²) in [4.78, 5) is 9.06. The number of halogens is 1. The highest BCUT2D eigenvalue weighted by Crippen LogP contribution is 2.25. The summed E-state index contributed by atoms with van der Waals surface area (Å²) in [5.41, 5.74) is 1.13. The Kier molecular flexibility index (Phi) is 9.11. The maximum atomic E-state index is 5.71. The van der Waals surface area contributed by atoms with Gasteiger partial charge in [-0.15, -0.1) is 24.0 Å². The molecule has 154 valence electrons. The van der Waals surface area contributed by atoms with E-state index in [1.807, 2.05) is 38.4 Å². The molecule has 1 aromatic heterocycles. The molecule has 1 saturated heterocycles. The van der Waals surface area contributed by atoms with Crippen molar-refractivity contribution >= 4 is 29.9 Å². The average Bonchev–Trinajstić information content (AvgIpc) is 3.40. The van der Waals surface area contributed by atoms with Crippen molar-refractivity contribution in [3.63, 3.8) is 0 Å². The van der Waals surface area contributed by atoms with Crippen LogP contribution in [0.4, 0.5) is 0 Å². The van der Waals surface area contributed by atoms with Crippen molar-refractivity contribution in [1.82, 2.24) is 15.1 Å². The van der Waals surface area contributed by atoms with E-state index in [0.717, 1.165) is 49.2 Å². The summed E-state index contributed by atoms with van der Waals surface area (Å²) in [6, 6.07) is 12.3. The van der Waals surface area contributed by atoms with Gasteiger partial charge in [-0.2, -0.15) is 0 Å². The lowest BCUT2D eigenvalue weighted by molar-refractivity contribution is 0.214. The van der Waals surface area contributed by atoms with E-state index in [9.17, 15) is 0 Å². The lowest BCUT2D eigenvalue weighted by Crippen LogP contribution is -2.43. The van der Waals surface area contributed by atoms with Crippen molar-refractivity contribution in [1.29, 1.82) is 0 Å². The van der Waals surface area contributed by atoms with Crippen LogP contribution in [0.2, 0.25) is 0 Å². The molecule has 0 amide bonds. The highest BCUT2D eigenvalue weighted by atomic mass is 127. The SMILES string of the molecule is CN=C(NCC(c1ccco1)N1CCCC1)N(C)Cc1ccccc1OC.I. The second-order valence-electron chi connectivity index (χ2n) is 6.87. The van der Waals surface area contributed by atoms with E-state index in [1.54, 1.807) is 13.4 Å². The zero-order valence-electron chi connectivity index (χ0n) is 16.9. The summed E-state index contributed by atoms with van der Waals surface area (Å²) < 4.78 is 11.2. The molecule has 1 aliphatic heterocycles. The number of methoxy groups -OCH3 is 1. The predicted octanol–water partition coefficient (Wildman–Crippen LogP) is 3.75. The lowest BCUT2D eigenvalue weighted by Gasteiger charge is -2.29. The number of para-hydroxylation sites is 1. The molecule has 0 bridgehead atoms. The van der Waals surface area contributed by atoms with Gasteiger partial charge in [0.05, 0.1) is 19.4 Å². The first-order chi connectivity index (χ1) is 13.2. The molecule has 2 aromatic rings. The van der Waals surface area contributed by atoms with Gasteiger partial charge in [0.1, 0.15) is 11.5 Å². The molecule has 0 radical (unpaired) electrons. The number of likely N-dealkylation sites (tertiary alicyclic amines) is 1. The summed E-state index contributed by atoms with van der Waals surface area (Å²) in [6.07, 6.45) is 4.25. The molecule has 0 aliphatic carbocycles. The van der Waals surface area contributed by atoms with Gasteiger partial charge in [0.15, 0.2) is 5.96 Å². The standard InChI is InChI=1S/C21H30N4O2.HI/c1-22-21(24(2)16-17-9-4-5-10-19(17)26-3)23-15-18(20-11-8-14-27-20)25-12-6-7-13-25;/h4-5,8-11,14,18H,6-7,12-13,15-16H2,1-3H3,(H,22,23);1H. The molecule has 7 heteroatoms. The molecule has 6 nitrogen and oxygen atoms in total. The van der Waals surface area contributed by atoms with Crippen LogP contribution < -0.4 is 10.1 Å². The van der Waals surface area contributed by atoms with Gasteiger partial charge in [-0.05, 0) is 44.1 Å². The Morgan fingerprint density at radius 1 is 1.25 bits per heavy atom. The molecule has 3 rings (SSSR count). The van der Waals surface area contributed by atoms with E-state index >= 15 is 0 Å². The molecule has 1 aliphatic rings. The van der Waals surface area contributed by atoms with Gasteiger partial charge in [0.25, 0.3) is 0 Å². The van der Waals surface area contributed by atoms with Gasteiger partial charge in [-0.3, -0.25) is 9.89 Å². The number of furan rings is 1. The fourth-order valence-electron chi connectivity index (χ4n) is 3.68. The number of aliphatic imine (C=N–C) groups is 1. The summed E-state index contributed by atoms with van der Waals surface area (Å²) >= 11 is 0. The van der Waals surface area contributed by atoms with Gasteiger partial charge in [-0.1, -0.05) is 18.2 Å². The van der Waals surface area contributed by atoms with Crippen LogP contribution in [0.25, 0.3) is 0 Å². The maximum Gasteiger partial charge on any atom is 0.193 e. The van der Waals surface area contributed by atoms with Crippen LogP contribution in [0.3, 0.4) is 0 Å². The van der Waals surface area contributed by atoms with Crippen LogP contribution in [0.5, 0.6) is 5.75 Å². The molecule has 1 fully saturated rings. The minimum Gasteiger partial charge on any atom is -0.496 e. The zero-order valence-corrected chi connectivity index (χ0v) is 19.3. The number of nitrogens with zero attached hydrogens (tertiary/aromatic N) is 3. The van der Waals surface area contributed by atoms with Gasteiger partial charge >= 0.3 is 0 Å². The predicted molar refractivity (Wildman–Crippen MR) is 123 cm³/mol. The van der Waals surface area contributed by atoms with Gasteiger partial charge in [0.2, 0.25) is 0 Å². The summed E-state index contributed by atoms with van der Waals surface area (Å²) in [7, 11) is 5.56.